The summed E-state index contributed by atoms with van der Waals surface area (Å²) in [6.07, 6.45) is 3.23. The van der Waals surface area contributed by atoms with Gasteiger partial charge in [-0.2, -0.15) is 0 Å². The molecule has 1 aromatic carbocycles. The van der Waals surface area contributed by atoms with Gasteiger partial charge < -0.3 is 15.1 Å². The molecular weight excluding hydrogens is 373 g/mol. The molecule has 0 aromatic heterocycles. The van der Waals surface area contributed by atoms with Crippen molar-refractivity contribution in [2.75, 3.05) is 18.9 Å². The summed E-state index contributed by atoms with van der Waals surface area (Å²) in [6, 6.07) is 5.26. The van der Waals surface area contributed by atoms with Crippen LogP contribution in [0.5, 0.6) is 0 Å². The number of nitrogens with zero attached hydrogens (tertiary/aromatic N) is 1. The number of likely N-dealkylation sites (tertiary alicyclic amines) is 1. The van der Waals surface area contributed by atoms with Gasteiger partial charge in [-0.25, -0.2) is 0 Å². The number of rotatable bonds is 5. The second-order valence-corrected chi connectivity index (χ2v) is 8.08. The average molecular weight is 401 g/mol. The van der Waals surface area contributed by atoms with E-state index in [1.807, 2.05) is 18.9 Å². The van der Waals surface area contributed by atoms with Crippen LogP contribution in [0.2, 0.25) is 10.0 Å². The normalized spacial score (nSPS) is 22.6. The monoisotopic (exact) mass is 400 g/mol. The van der Waals surface area contributed by atoms with Gasteiger partial charge in [0, 0.05) is 12.1 Å². The van der Waals surface area contributed by atoms with Gasteiger partial charge in [0.25, 0.3) is 11.8 Å². The summed E-state index contributed by atoms with van der Waals surface area (Å²) in [4.78, 5) is 28.1. The molecule has 1 aliphatic heterocycles. The summed E-state index contributed by atoms with van der Waals surface area (Å²) >= 11 is 12.2. The summed E-state index contributed by atoms with van der Waals surface area (Å²) in [5.74, 6) is -0.123. The fraction of sp³-hybridized carbons (Fsp3) is 0.579. The summed E-state index contributed by atoms with van der Waals surface area (Å²) in [5.41, 5.74) is 0.408. The van der Waals surface area contributed by atoms with Gasteiger partial charge in [0.15, 0.2) is 12.6 Å². The van der Waals surface area contributed by atoms with Crippen LogP contribution in [-0.4, -0.2) is 48.4 Å². The molecule has 2 N–H and O–H groups in total. The number of anilines is 1. The number of benzene rings is 1. The molecule has 1 aliphatic rings. The van der Waals surface area contributed by atoms with E-state index in [4.69, 9.17) is 23.2 Å². The minimum Gasteiger partial charge on any atom is -0.332 e. The zero-order valence-electron chi connectivity index (χ0n) is 15.8. The largest absolute Gasteiger partial charge is 0.332 e. The second kappa shape index (κ2) is 9.07. The van der Waals surface area contributed by atoms with E-state index < -0.39 is 0 Å². The van der Waals surface area contributed by atoms with E-state index in [1.54, 1.807) is 18.2 Å². The van der Waals surface area contributed by atoms with Gasteiger partial charge in [-0.3, -0.25) is 9.59 Å². The molecule has 144 valence electrons. The summed E-state index contributed by atoms with van der Waals surface area (Å²) in [5, 5.41) is 3.54. The quantitative estimate of drug-likeness (QED) is 0.797. The molecule has 0 saturated carbocycles. The van der Waals surface area contributed by atoms with E-state index in [1.165, 1.54) is 0 Å². The molecular formula is C19H28Cl2N3O2+. The Labute approximate surface area is 165 Å². The van der Waals surface area contributed by atoms with Crippen LogP contribution in [0.4, 0.5) is 5.69 Å². The molecule has 0 spiro atoms. The number of carbonyl (C=O) groups excluding carboxylic acids is 2. The first-order valence-electron chi connectivity index (χ1n) is 9.10. The molecule has 2 amide bonds. The number of nitrogens with one attached hydrogen (secondary N) is 2. The van der Waals surface area contributed by atoms with Gasteiger partial charge in [-0.05, 0) is 52.2 Å². The highest BCUT2D eigenvalue weighted by Gasteiger charge is 2.35. The fourth-order valence-corrected chi connectivity index (χ4v) is 3.99. The lowest BCUT2D eigenvalue weighted by atomic mass is 9.96. The summed E-state index contributed by atoms with van der Waals surface area (Å²) in [6.45, 7) is 6.23. The van der Waals surface area contributed by atoms with Crippen molar-refractivity contribution in [3.63, 3.8) is 0 Å². The number of quaternary nitrogens is 1. The Morgan fingerprint density at radius 1 is 1.23 bits per heavy atom. The number of likely N-dealkylation sites (N-methyl/N-ethyl adjacent to an activating group) is 1. The molecule has 1 saturated heterocycles. The molecule has 0 aliphatic carbocycles. The van der Waals surface area contributed by atoms with Gasteiger partial charge >= 0.3 is 0 Å². The lowest BCUT2D eigenvalue weighted by Gasteiger charge is -2.40. The van der Waals surface area contributed by atoms with E-state index in [2.05, 4.69) is 19.2 Å². The van der Waals surface area contributed by atoms with Gasteiger partial charge in [0.2, 0.25) is 0 Å². The van der Waals surface area contributed by atoms with Crippen LogP contribution >= 0.6 is 23.2 Å². The van der Waals surface area contributed by atoms with Gasteiger partial charge in [0.1, 0.15) is 0 Å². The first kappa shape index (κ1) is 21.0. The van der Waals surface area contributed by atoms with Crippen LogP contribution in [0.3, 0.4) is 0 Å². The van der Waals surface area contributed by atoms with E-state index in [9.17, 15) is 9.59 Å². The number of hydrogen-bond donors (Lipinski definition) is 2. The molecule has 0 radical (unpaired) electrons. The molecule has 26 heavy (non-hydrogen) atoms. The maximum absolute atomic E-state index is 12.9. The van der Waals surface area contributed by atoms with E-state index in [0.717, 1.165) is 24.2 Å². The molecule has 5 nitrogen and oxygen atoms in total. The van der Waals surface area contributed by atoms with E-state index >= 15 is 0 Å². The van der Waals surface area contributed by atoms with Crippen molar-refractivity contribution in [2.45, 2.75) is 58.2 Å². The van der Waals surface area contributed by atoms with Crippen LogP contribution in [0.15, 0.2) is 18.2 Å². The number of carbonyl (C=O) groups is 2. The molecule has 1 fully saturated rings. The van der Waals surface area contributed by atoms with Crippen LogP contribution in [0.1, 0.15) is 40.0 Å². The van der Waals surface area contributed by atoms with Crippen molar-refractivity contribution >= 4 is 40.7 Å². The number of piperidine rings is 1. The Balaban J connectivity index is 1.98. The predicted molar refractivity (Wildman–Crippen MR) is 106 cm³/mol. The molecule has 1 unspecified atom stereocenters. The third-order valence-corrected chi connectivity index (χ3v) is 5.85. The molecule has 4 atom stereocenters. The Bertz CT molecular complexity index is 638. The zero-order valence-corrected chi connectivity index (χ0v) is 17.3. The molecule has 0 bridgehead atoms. The minimum atomic E-state index is -0.300. The summed E-state index contributed by atoms with van der Waals surface area (Å²) in [7, 11) is 1.86. The molecule has 1 aromatic rings. The van der Waals surface area contributed by atoms with Gasteiger partial charge in [-0.15, -0.1) is 0 Å². The third kappa shape index (κ3) is 4.90. The molecule has 7 heteroatoms. The maximum atomic E-state index is 12.9. The Hall–Kier alpha value is -1.30. The van der Waals surface area contributed by atoms with Crippen LogP contribution in [0.25, 0.3) is 0 Å². The third-order valence-electron chi connectivity index (χ3n) is 5.22. The standard InChI is InChI=1S/C19H27Cl2N3O2/c1-12-7-5-8-13(2)24(12)19(26)14(3)23(4)11-17(25)22-18-15(20)9-6-10-16(18)21/h6,9-10,12-14H,5,7-8,11H2,1-4H3,(H,22,25)/p+1/t12-,13-,14-/m1/s1. The van der Waals surface area contributed by atoms with Crippen LogP contribution < -0.4 is 10.2 Å². The van der Waals surface area contributed by atoms with Crippen LogP contribution in [-0.2, 0) is 9.59 Å². The lowest BCUT2D eigenvalue weighted by molar-refractivity contribution is -0.886. The number of hydrogen-bond acceptors (Lipinski definition) is 2. The zero-order chi connectivity index (χ0) is 19.4. The Morgan fingerprint density at radius 2 is 1.77 bits per heavy atom. The second-order valence-electron chi connectivity index (χ2n) is 7.26. The number of amides is 2. The van der Waals surface area contributed by atoms with Crippen molar-refractivity contribution in [1.82, 2.24) is 4.90 Å². The van der Waals surface area contributed by atoms with E-state index in [0.29, 0.717) is 15.7 Å². The number of para-hydroxylation sites is 1. The maximum Gasteiger partial charge on any atom is 0.281 e. The predicted octanol–water partition coefficient (Wildman–Crippen LogP) is 2.62. The van der Waals surface area contributed by atoms with Crippen molar-refractivity contribution in [3.8, 4) is 0 Å². The van der Waals surface area contributed by atoms with Crippen molar-refractivity contribution in [1.29, 1.82) is 0 Å². The molecule has 1 heterocycles. The Kier molecular flexibility index (Phi) is 7.33. The smallest absolute Gasteiger partial charge is 0.281 e. The Morgan fingerprint density at radius 3 is 2.31 bits per heavy atom. The lowest BCUT2D eigenvalue weighted by Crippen LogP contribution is -3.15. The SMILES string of the molecule is C[C@@H]1CCC[C@@H](C)N1C(=O)[C@@H](C)[NH+](C)CC(=O)Nc1c(Cl)cccc1Cl. The summed E-state index contributed by atoms with van der Waals surface area (Å²) < 4.78 is 0. The minimum absolute atomic E-state index is 0.103. The topological polar surface area (TPSA) is 53.9 Å². The highest BCUT2D eigenvalue weighted by atomic mass is 35.5. The fourth-order valence-electron chi connectivity index (χ4n) is 3.50. The van der Waals surface area contributed by atoms with E-state index in [-0.39, 0.29) is 36.5 Å². The molecule has 2 rings (SSSR count). The average Bonchev–Trinajstić information content (AvgIpc) is 2.57. The first-order valence-corrected chi connectivity index (χ1v) is 9.86. The van der Waals surface area contributed by atoms with Crippen molar-refractivity contribution in [2.24, 2.45) is 0 Å². The van der Waals surface area contributed by atoms with Gasteiger partial charge in [-0.1, -0.05) is 29.3 Å². The highest BCUT2D eigenvalue weighted by Crippen LogP contribution is 2.29. The number of halogens is 2. The van der Waals surface area contributed by atoms with Crippen LogP contribution in [0, 0.1) is 0 Å². The van der Waals surface area contributed by atoms with Crippen molar-refractivity contribution < 1.29 is 14.5 Å². The highest BCUT2D eigenvalue weighted by molar-refractivity contribution is 6.39. The van der Waals surface area contributed by atoms with Crippen molar-refractivity contribution in [3.05, 3.63) is 28.2 Å². The van der Waals surface area contributed by atoms with Gasteiger partial charge in [0.05, 0.1) is 22.8 Å². The first-order chi connectivity index (χ1) is 12.2.